The molecule has 22 heavy (non-hydrogen) atoms. The number of carbonyl (C=O) groups is 1. The molecule has 5 nitrogen and oxygen atoms in total. The Hall–Kier alpha value is -1.75. The van der Waals surface area contributed by atoms with Gasteiger partial charge in [-0.2, -0.15) is 0 Å². The maximum Gasteiger partial charge on any atom is 0.314 e. The molecule has 0 bridgehead atoms. The van der Waals surface area contributed by atoms with Gasteiger partial charge in [-0.1, -0.05) is 18.6 Å². The molecule has 0 radical (unpaired) electrons. The van der Waals surface area contributed by atoms with Crippen molar-refractivity contribution < 1.29 is 14.6 Å². The van der Waals surface area contributed by atoms with E-state index in [1.807, 2.05) is 6.07 Å². The molecule has 0 unspecified atom stereocenters. The fourth-order valence-corrected chi connectivity index (χ4v) is 3.26. The van der Waals surface area contributed by atoms with E-state index in [9.17, 15) is 9.90 Å². The average molecular weight is 304 g/mol. The Bertz CT molecular complexity index is 533. The highest BCUT2D eigenvalue weighted by molar-refractivity contribution is 5.73. The predicted molar refractivity (Wildman–Crippen MR) is 84.1 cm³/mol. The number of carbonyl (C=O) groups excluding carboxylic acids is 1. The molecule has 2 atom stereocenters. The van der Waals surface area contributed by atoms with Gasteiger partial charge in [0.25, 0.3) is 0 Å². The maximum atomic E-state index is 11.8. The number of fused-ring (bicyclic) bond motifs is 1. The van der Waals surface area contributed by atoms with E-state index in [4.69, 9.17) is 4.74 Å². The maximum absolute atomic E-state index is 11.8. The molecule has 5 heteroatoms. The number of ether oxygens (including phenoxy) is 1. The van der Waals surface area contributed by atoms with Crippen LogP contribution in [0.15, 0.2) is 18.2 Å². The van der Waals surface area contributed by atoms with E-state index >= 15 is 0 Å². The first-order valence-electron chi connectivity index (χ1n) is 8.17. The second kappa shape index (κ2) is 7.01. The number of rotatable bonds is 5. The van der Waals surface area contributed by atoms with Crippen molar-refractivity contribution in [2.24, 2.45) is 5.92 Å². The molecule has 3 N–H and O–H groups in total. The molecule has 1 aliphatic carbocycles. The molecule has 120 valence electrons. The molecule has 1 aromatic rings. The van der Waals surface area contributed by atoms with E-state index in [-0.39, 0.29) is 18.1 Å². The molecule has 1 aliphatic heterocycles. The van der Waals surface area contributed by atoms with Gasteiger partial charge in [-0.15, -0.1) is 0 Å². The van der Waals surface area contributed by atoms with Crippen LogP contribution in [0.3, 0.4) is 0 Å². The largest absolute Gasteiger partial charge is 0.493 e. The Morgan fingerprint density at radius 2 is 2.23 bits per heavy atom. The Balaban J connectivity index is 1.36. The van der Waals surface area contributed by atoms with Gasteiger partial charge in [0.1, 0.15) is 5.75 Å². The third kappa shape index (κ3) is 3.71. The lowest BCUT2D eigenvalue weighted by Gasteiger charge is -2.15. The fourth-order valence-electron chi connectivity index (χ4n) is 3.26. The predicted octanol–water partition coefficient (Wildman–Crippen LogP) is 1.62. The van der Waals surface area contributed by atoms with Crippen LogP contribution < -0.4 is 15.4 Å². The van der Waals surface area contributed by atoms with Gasteiger partial charge in [0.2, 0.25) is 0 Å². The number of hydrogen-bond donors (Lipinski definition) is 3. The van der Waals surface area contributed by atoms with Crippen molar-refractivity contribution in [2.45, 2.75) is 38.2 Å². The van der Waals surface area contributed by atoms with Gasteiger partial charge in [-0.25, -0.2) is 4.79 Å². The van der Waals surface area contributed by atoms with Crippen molar-refractivity contribution in [3.05, 3.63) is 29.3 Å². The van der Waals surface area contributed by atoms with Gasteiger partial charge in [-0.05, 0) is 36.5 Å². The second-order valence-electron chi connectivity index (χ2n) is 6.19. The third-order valence-corrected chi connectivity index (χ3v) is 4.60. The van der Waals surface area contributed by atoms with Crippen molar-refractivity contribution in [1.29, 1.82) is 0 Å². The first-order chi connectivity index (χ1) is 10.7. The summed E-state index contributed by atoms with van der Waals surface area (Å²) in [5, 5.41) is 15.4. The Morgan fingerprint density at radius 3 is 3.05 bits per heavy atom. The van der Waals surface area contributed by atoms with Crippen LogP contribution in [0.2, 0.25) is 0 Å². The lowest BCUT2D eigenvalue weighted by Crippen LogP contribution is -2.40. The summed E-state index contributed by atoms with van der Waals surface area (Å²) in [6.45, 7) is 1.94. The topological polar surface area (TPSA) is 70.6 Å². The summed E-state index contributed by atoms with van der Waals surface area (Å²) < 4.78 is 5.49. The highest BCUT2D eigenvalue weighted by Gasteiger charge is 2.25. The van der Waals surface area contributed by atoms with Crippen LogP contribution in [-0.2, 0) is 12.8 Å². The summed E-state index contributed by atoms with van der Waals surface area (Å²) in [7, 11) is 0. The minimum Gasteiger partial charge on any atom is -0.493 e. The standard InChI is InChI=1S/C17H24N2O3/c20-15-3-1-2-14(15)11-19-17(21)18-8-6-12-4-5-16-13(10-12)7-9-22-16/h4-5,10,14-15,20H,1-3,6-9,11H2,(H2,18,19,21)/t14-,15-/m1/s1. The zero-order valence-electron chi connectivity index (χ0n) is 12.8. The van der Waals surface area contributed by atoms with Crippen LogP contribution in [0.1, 0.15) is 30.4 Å². The van der Waals surface area contributed by atoms with Crippen LogP contribution in [-0.4, -0.2) is 36.9 Å². The van der Waals surface area contributed by atoms with E-state index in [2.05, 4.69) is 22.8 Å². The van der Waals surface area contributed by atoms with Gasteiger partial charge in [0.05, 0.1) is 12.7 Å². The number of hydrogen-bond acceptors (Lipinski definition) is 3. The van der Waals surface area contributed by atoms with Gasteiger partial charge < -0.3 is 20.5 Å². The van der Waals surface area contributed by atoms with E-state index in [1.165, 1.54) is 11.1 Å². The lowest BCUT2D eigenvalue weighted by molar-refractivity contribution is 0.132. The fraction of sp³-hybridized carbons (Fsp3) is 0.588. The Labute approximate surface area is 131 Å². The molecule has 3 rings (SSSR count). The van der Waals surface area contributed by atoms with Crippen LogP contribution >= 0.6 is 0 Å². The van der Waals surface area contributed by atoms with Crippen LogP contribution in [0.5, 0.6) is 5.75 Å². The number of aliphatic hydroxyl groups is 1. The van der Waals surface area contributed by atoms with Gasteiger partial charge >= 0.3 is 6.03 Å². The van der Waals surface area contributed by atoms with E-state index in [0.717, 1.165) is 44.5 Å². The zero-order chi connectivity index (χ0) is 15.4. The summed E-state index contributed by atoms with van der Waals surface area (Å²) in [5.74, 6) is 1.20. The summed E-state index contributed by atoms with van der Waals surface area (Å²) in [6, 6.07) is 6.08. The summed E-state index contributed by atoms with van der Waals surface area (Å²) in [5.41, 5.74) is 2.48. The van der Waals surface area contributed by atoms with Gasteiger partial charge in [0, 0.05) is 25.4 Å². The van der Waals surface area contributed by atoms with Crippen molar-refractivity contribution >= 4 is 6.03 Å². The molecule has 1 fully saturated rings. The smallest absolute Gasteiger partial charge is 0.314 e. The van der Waals surface area contributed by atoms with E-state index in [1.54, 1.807) is 0 Å². The molecule has 2 amide bonds. The van der Waals surface area contributed by atoms with Crippen molar-refractivity contribution in [2.75, 3.05) is 19.7 Å². The molecule has 1 aromatic carbocycles. The van der Waals surface area contributed by atoms with Gasteiger partial charge in [0.15, 0.2) is 0 Å². The first kappa shape index (κ1) is 15.2. The summed E-state index contributed by atoms with van der Waals surface area (Å²) in [4.78, 5) is 11.8. The molecule has 0 spiro atoms. The number of urea groups is 1. The minimum atomic E-state index is -0.256. The Kier molecular flexibility index (Phi) is 4.83. The SMILES string of the molecule is O=C(NCCc1ccc2c(c1)CCO2)NC[C@H]1CCC[C@H]1O. The van der Waals surface area contributed by atoms with Crippen LogP contribution in [0.25, 0.3) is 0 Å². The molecule has 1 saturated carbocycles. The molecule has 1 heterocycles. The minimum absolute atomic E-state index is 0.149. The monoisotopic (exact) mass is 304 g/mol. The number of aliphatic hydroxyl groups excluding tert-OH is 1. The average Bonchev–Trinajstić information content (AvgIpc) is 3.13. The first-order valence-corrected chi connectivity index (χ1v) is 8.17. The van der Waals surface area contributed by atoms with Crippen molar-refractivity contribution in [1.82, 2.24) is 10.6 Å². The molecule has 0 saturated heterocycles. The van der Waals surface area contributed by atoms with Crippen molar-refractivity contribution in [3.63, 3.8) is 0 Å². The number of amides is 2. The molecular weight excluding hydrogens is 280 g/mol. The second-order valence-corrected chi connectivity index (χ2v) is 6.19. The highest BCUT2D eigenvalue weighted by Crippen LogP contribution is 2.26. The number of benzene rings is 1. The third-order valence-electron chi connectivity index (χ3n) is 4.60. The van der Waals surface area contributed by atoms with Crippen molar-refractivity contribution in [3.8, 4) is 5.75 Å². The summed E-state index contributed by atoms with van der Waals surface area (Å²) in [6.07, 6.45) is 4.44. The molecular formula is C17H24N2O3. The summed E-state index contributed by atoms with van der Waals surface area (Å²) >= 11 is 0. The molecule has 0 aromatic heterocycles. The Morgan fingerprint density at radius 1 is 1.32 bits per heavy atom. The highest BCUT2D eigenvalue weighted by atomic mass is 16.5. The number of nitrogens with one attached hydrogen (secondary N) is 2. The van der Waals surface area contributed by atoms with Crippen LogP contribution in [0.4, 0.5) is 4.79 Å². The lowest BCUT2D eigenvalue weighted by atomic mass is 10.1. The zero-order valence-corrected chi connectivity index (χ0v) is 12.8. The quantitative estimate of drug-likeness (QED) is 0.774. The van der Waals surface area contributed by atoms with Crippen LogP contribution in [0, 0.1) is 5.92 Å². The van der Waals surface area contributed by atoms with Gasteiger partial charge in [-0.3, -0.25) is 0 Å². The normalized spacial score (nSPS) is 23.0. The molecule has 2 aliphatic rings. The van der Waals surface area contributed by atoms with E-state index in [0.29, 0.717) is 13.1 Å². The van der Waals surface area contributed by atoms with E-state index < -0.39 is 0 Å².